The van der Waals surface area contributed by atoms with E-state index in [9.17, 15) is 0 Å². The highest BCUT2D eigenvalue weighted by atomic mass is 16.5. The molecule has 0 heterocycles. The number of rotatable bonds is 4. The SMILES string of the molecule is COC1CCCC1NC1CCC(C(C)C)CC1. The van der Waals surface area contributed by atoms with E-state index in [2.05, 4.69) is 19.2 Å². The van der Waals surface area contributed by atoms with Crippen LogP contribution in [0.15, 0.2) is 0 Å². The van der Waals surface area contributed by atoms with Gasteiger partial charge in [0.05, 0.1) is 6.10 Å². The fourth-order valence-corrected chi connectivity index (χ4v) is 3.65. The third kappa shape index (κ3) is 3.45. The molecule has 2 unspecified atom stereocenters. The van der Waals surface area contributed by atoms with Gasteiger partial charge >= 0.3 is 0 Å². The number of hydrogen-bond acceptors (Lipinski definition) is 2. The predicted octanol–water partition coefficient (Wildman–Crippen LogP) is 3.36. The van der Waals surface area contributed by atoms with E-state index in [-0.39, 0.29) is 0 Å². The van der Waals surface area contributed by atoms with E-state index in [0.717, 1.165) is 17.9 Å². The minimum atomic E-state index is 0.470. The molecule has 0 saturated heterocycles. The van der Waals surface area contributed by atoms with Crippen LogP contribution in [0, 0.1) is 11.8 Å². The first-order valence-electron chi connectivity index (χ1n) is 7.49. The zero-order chi connectivity index (χ0) is 12.3. The van der Waals surface area contributed by atoms with E-state index in [4.69, 9.17) is 4.74 Å². The summed E-state index contributed by atoms with van der Waals surface area (Å²) in [5.41, 5.74) is 0. The van der Waals surface area contributed by atoms with Crippen LogP contribution < -0.4 is 5.32 Å². The Labute approximate surface area is 107 Å². The van der Waals surface area contributed by atoms with Gasteiger partial charge in [0.15, 0.2) is 0 Å². The smallest absolute Gasteiger partial charge is 0.0724 e. The van der Waals surface area contributed by atoms with Gasteiger partial charge in [-0.05, 0) is 56.8 Å². The van der Waals surface area contributed by atoms with Gasteiger partial charge in [0.25, 0.3) is 0 Å². The number of hydrogen-bond donors (Lipinski definition) is 1. The molecule has 2 nitrogen and oxygen atoms in total. The lowest BCUT2D eigenvalue weighted by Gasteiger charge is -2.34. The molecular formula is C15H29NO. The van der Waals surface area contributed by atoms with Crippen LogP contribution in [0.5, 0.6) is 0 Å². The van der Waals surface area contributed by atoms with E-state index in [1.54, 1.807) is 0 Å². The van der Waals surface area contributed by atoms with E-state index >= 15 is 0 Å². The summed E-state index contributed by atoms with van der Waals surface area (Å²) in [5.74, 6) is 1.84. The van der Waals surface area contributed by atoms with Crippen molar-refractivity contribution in [2.45, 2.75) is 77.0 Å². The monoisotopic (exact) mass is 239 g/mol. The van der Waals surface area contributed by atoms with Crippen molar-refractivity contribution in [1.29, 1.82) is 0 Å². The minimum absolute atomic E-state index is 0.470. The molecule has 2 saturated carbocycles. The van der Waals surface area contributed by atoms with Crippen molar-refractivity contribution in [3.63, 3.8) is 0 Å². The summed E-state index contributed by atoms with van der Waals surface area (Å²) in [6.45, 7) is 4.74. The van der Waals surface area contributed by atoms with E-state index in [1.165, 1.54) is 44.9 Å². The van der Waals surface area contributed by atoms with Crippen LogP contribution in [0.2, 0.25) is 0 Å². The van der Waals surface area contributed by atoms with Gasteiger partial charge in [0.2, 0.25) is 0 Å². The fraction of sp³-hybridized carbons (Fsp3) is 1.00. The molecule has 17 heavy (non-hydrogen) atoms. The maximum atomic E-state index is 5.56. The molecule has 2 atom stereocenters. The van der Waals surface area contributed by atoms with Crippen molar-refractivity contribution in [3.8, 4) is 0 Å². The quantitative estimate of drug-likeness (QED) is 0.812. The van der Waals surface area contributed by atoms with Gasteiger partial charge in [-0.1, -0.05) is 13.8 Å². The van der Waals surface area contributed by atoms with Gasteiger partial charge in [-0.3, -0.25) is 0 Å². The highest BCUT2D eigenvalue weighted by molar-refractivity contribution is 4.88. The van der Waals surface area contributed by atoms with Gasteiger partial charge in [-0.15, -0.1) is 0 Å². The normalized spacial score (nSPS) is 38.8. The second-order valence-corrected chi connectivity index (χ2v) is 6.33. The Balaban J connectivity index is 1.74. The van der Waals surface area contributed by atoms with Crippen molar-refractivity contribution < 1.29 is 4.74 Å². The van der Waals surface area contributed by atoms with Crippen LogP contribution in [0.1, 0.15) is 58.8 Å². The van der Waals surface area contributed by atoms with Crippen LogP contribution in [0.25, 0.3) is 0 Å². The zero-order valence-corrected chi connectivity index (χ0v) is 11.7. The summed E-state index contributed by atoms with van der Waals surface area (Å²) < 4.78 is 5.56. The number of ether oxygens (including phenoxy) is 1. The average Bonchev–Trinajstić information content (AvgIpc) is 2.77. The molecule has 2 aliphatic rings. The molecule has 0 aromatic heterocycles. The van der Waals surface area contributed by atoms with Crippen molar-refractivity contribution in [2.75, 3.05) is 7.11 Å². The maximum absolute atomic E-state index is 5.56. The molecule has 1 N–H and O–H groups in total. The molecule has 0 bridgehead atoms. The van der Waals surface area contributed by atoms with Gasteiger partial charge in [-0.25, -0.2) is 0 Å². The number of nitrogens with one attached hydrogen (secondary N) is 1. The lowest BCUT2D eigenvalue weighted by atomic mass is 9.79. The Morgan fingerprint density at radius 3 is 2.29 bits per heavy atom. The Bertz CT molecular complexity index is 221. The van der Waals surface area contributed by atoms with Crippen molar-refractivity contribution >= 4 is 0 Å². The predicted molar refractivity (Wildman–Crippen MR) is 72.2 cm³/mol. The maximum Gasteiger partial charge on any atom is 0.0724 e. The molecule has 2 rings (SSSR count). The molecule has 0 aromatic carbocycles. The highest BCUT2D eigenvalue weighted by Crippen LogP contribution is 2.31. The van der Waals surface area contributed by atoms with Crippen LogP contribution in [-0.2, 0) is 4.74 Å². The topological polar surface area (TPSA) is 21.3 Å². The molecule has 0 aromatic rings. The second kappa shape index (κ2) is 6.19. The van der Waals surface area contributed by atoms with Crippen molar-refractivity contribution in [3.05, 3.63) is 0 Å². The molecule has 0 spiro atoms. The Morgan fingerprint density at radius 2 is 1.71 bits per heavy atom. The molecule has 2 fully saturated rings. The molecular weight excluding hydrogens is 210 g/mol. The summed E-state index contributed by atoms with van der Waals surface area (Å²) in [4.78, 5) is 0. The Kier molecular flexibility index (Phi) is 4.87. The summed E-state index contributed by atoms with van der Waals surface area (Å²) in [6, 6.07) is 1.38. The summed E-state index contributed by atoms with van der Waals surface area (Å²) in [6.07, 6.45) is 9.93. The van der Waals surface area contributed by atoms with E-state index in [1.807, 2.05) is 7.11 Å². The van der Waals surface area contributed by atoms with Crippen LogP contribution in [0.4, 0.5) is 0 Å². The second-order valence-electron chi connectivity index (χ2n) is 6.33. The minimum Gasteiger partial charge on any atom is -0.380 e. The third-order valence-electron chi connectivity index (χ3n) is 4.92. The zero-order valence-electron chi connectivity index (χ0n) is 11.7. The van der Waals surface area contributed by atoms with Gasteiger partial charge in [0, 0.05) is 19.2 Å². The van der Waals surface area contributed by atoms with E-state index in [0.29, 0.717) is 12.1 Å². The third-order valence-corrected chi connectivity index (χ3v) is 4.92. The standard InChI is InChI=1S/C15H29NO/c1-11(2)12-7-9-13(10-8-12)16-14-5-4-6-15(14)17-3/h11-16H,4-10H2,1-3H3. The van der Waals surface area contributed by atoms with Crippen LogP contribution >= 0.6 is 0 Å². The molecule has 0 amide bonds. The van der Waals surface area contributed by atoms with Gasteiger partial charge in [-0.2, -0.15) is 0 Å². The average molecular weight is 239 g/mol. The first-order chi connectivity index (χ1) is 8.20. The van der Waals surface area contributed by atoms with Crippen LogP contribution in [-0.4, -0.2) is 25.3 Å². The molecule has 2 heteroatoms. The Morgan fingerprint density at radius 1 is 1.00 bits per heavy atom. The van der Waals surface area contributed by atoms with Crippen molar-refractivity contribution in [2.24, 2.45) is 11.8 Å². The fourth-order valence-electron chi connectivity index (χ4n) is 3.65. The van der Waals surface area contributed by atoms with Crippen LogP contribution in [0.3, 0.4) is 0 Å². The number of methoxy groups -OCH3 is 1. The lowest BCUT2D eigenvalue weighted by Crippen LogP contribution is -2.45. The lowest BCUT2D eigenvalue weighted by molar-refractivity contribution is 0.0770. The first-order valence-corrected chi connectivity index (χ1v) is 7.49. The van der Waals surface area contributed by atoms with E-state index < -0.39 is 0 Å². The molecule has 0 aliphatic heterocycles. The summed E-state index contributed by atoms with van der Waals surface area (Å²) >= 11 is 0. The molecule has 100 valence electrons. The Hall–Kier alpha value is -0.0800. The molecule has 2 aliphatic carbocycles. The van der Waals surface area contributed by atoms with Gasteiger partial charge in [0.1, 0.15) is 0 Å². The van der Waals surface area contributed by atoms with Crippen molar-refractivity contribution in [1.82, 2.24) is 5.32 Å². The largest absolute Gasteiger partial charge is 0.380 e. The highest BCUT2D eigenvalue weighted by Gasteiger charge is 2.30. The molecule has 0 radical (unpaired) electrons. The van der Waals surface area contributed by atoms with Gasteiger partial charge < -0.3 is 10.1 Å². The summed E-state index contributed by atoms with van der Waals surface area (Å²) in [7, 11) is 1.86. The summed E-state index contributed by atoms with van der Waals surface area (Å²) in [5, 5.41) is 3.85. The first kappa shape index (κ1) is 13.4.